The van der Waals surface area contributed by atoms with Crippen LogP contribution in [0.3, 0.4) is 0 Å². The molecule has 0 atom stereocenters. The van der Waals surface area contributed by atoms with E-state index >= 15 is 0 Å². The van der Waals surface area contributed by atoms with Gasteiger partial charge in [-0.2, -0.15) is 13.2 Å². The number of rotatable bonds is 4. The summed E-state index contributed by atoms with van der Waals surface area (Å²) < 4.78 is 44.6. The van der Waals surface area contributed by atoms with E-state index in [0.29, 0.717) is 10.8 Å². The second kappa shape index (κ2) is 9.09. The zero-order valence-electron chi connectivity index (χ0n) is 16.1. The minimum absolute atomic E-state index is 0.281. The zero-order chi connectivity index (χ0) is 22.6. The van der Waals surface area contributed by atoms with Crippen LogP contribution in [0.25, 0.3) is 11.1 Å². The summed E-state index contributed by atoms with van der Waals surface area (Å²) in [7, 11) is 1.45. The Balaban J connectivity index is 1.75. The fourth-order valence-corrected chi connectivity index (χ4v) is 3.02. The molecule has 5 nitrogen and oxygen atoms in total. The number of alkyl halides is 3. The van der Waals surface area contributed by atoms with Gasteiger partial charge >= 0.3 is 12.2 Å². The monoisotopic (exact) mass is 448 g/mol. The number of hydrogen-bond donors (Lipinski definition) is 2. The van der Waals surface area contributed by atoms with Crippen LogP contribution in [0.15, 0.2) is 66.7 Å². The van der Waals surface area contributed by atoms with Crippen LogP contribution < -0.4 is 15.4 Å². The molecule has 160 valence electrons. The molecule has 2 N–H and O–H groups in total. The van der Waals surface area contributed by atoms with Gasteiger partial charge in [-0.15, -0.1) is 0 Å². The Labute approximate surface area is 180 Å². The summed E-state index contributed by atoms with van der Waals surface area (Å²) in [5.74, 6) is -0.732. The number of imide groups is 1. The first-order chi connectivity index (χ1) is 14.7. The smallest absolute Gasteiger partial charge is 0.417 e. The average molecular weight is 449 g/mol. The summed E-state index contributed by atoms with van der Waals surface area (Å²) in [6, 6.07) is 15.1. The molecule has 3 rings (SSSR count). The molecular formula is C22H16ClF3N2O3. The van der Waals surface area contributed by atoms with Crippen LogP contribution in [0, 0.1) is 0 Å². The second-order valence-electron chi connectivity index (χ2n) is 6.37. The van der Waals surface area contributed by atoms with Crippen molar-refractivity contribution >= 4 is 29.2 Å². The highest BCUT2D eigenvalue weighted by Crippen LogP contribution is 2.33. The number of hydrogen-bond acceptors (Lipinski definition) is 3. The van der Waals surface area contributed by atoms with Crippen LogP contribution in [-0.2, 0) is 6.18 Å². The maximum absolute atomic E-state index is 13.1. The maximum Gasteiger partial charge on any atom is 0.417 e. The molecule has 9 heteroatoms. The molecule has 0 aliphatic carbocycles. The van der Waals surface area contributed by atoms with Crippen LogP contribution >= 0.6 is 11.6 Å². The van der Waals surface area contributed by atoms with Crippen LogP contribution in [-0.4, -0.2) is 19.0 Å². The predicted octanol–water partition coefficient (Wildman–Crippen LogP) is 6.00. The predicted molar refractivity (Wildman–Crippen MR) is 111 cm³/mol. The lowest BCUT2D eigenvalue weighted by Crippen LogP contribution is -2.35. The minimum atomic E-state index is -4.73. The molecular weight excluding hydrogens is 433 g/mol. The van der Waals surface area contributed by atoms with Gasteiger partial charge < -0.3 is 10.1 Å². The number of carbonyl (C=O) groups is 2. The lowest BCUT2D eigenvalue weighted by atomic mass is 10.0. The number of amides is 3. The van der Waals surface area contributed by atoms with Crippen molar-refractivity contribution in [3.05, 3.63) is 82.9 Å². The maximum atomic E-state index is 13.1. The fourth-order valence-electron chi connectivity index (χ4n) is 2.90. The number of urea groups is 1. The van der Waals surface area contributed by atoms with E-state index in [1.807, 2.05) is 5.32 Å². The van der Waals surface area contributed by atoms with Gasteiger partial charge in [0, 0.05) is 22.3 Å². The molecule has 0 saturated heterocycles. The SMILES string of the molecule is COc1cc(NC(=O)NC(=O)c2ccccc2C(F)(F)F)ccc1-c1ccc(Cl)cc1. The van der Waals surface area contributed by atoms with E-state index in [0.717, 1.165) is 29.3 Å². The molecule has 0 spiro atoms. The highest BCUT2D eigenvalue weighted by atomic mass is 35.5. The Morgan fingerprint density at radius 3 is 2.29 bits per heavy atom. The summed E-state index contributed by atoms with van der Waals surface area (Å²) in [6.07, 6.45) is -4.73. The third-order valence-corrected chi connectivity index (χ3v) is 4.57. The molecule has 3 amide bonds. The van der Waals surface area contributed by atoms with E-state index in [9.17, 15) is 22.8 Å². The van der Waals surface area contributed by atoms with Crippen molar-refractivity contribution in [1.82, 2.24) is 5.32 Å². The van der Waals surface area contributed by atoms with Gasteiger partial charge in [0.15, 0.2) is 0 Å². The van der Waals surface area contributed by atoms with Crippen LogP contribution in [0.4, 0.5) is 23.7 Å². The Bertz CT molecular complexity index is 1120. The number of carbonyl (C=O) groups excluding carboxylic acids is 2. The number of ether oxygens (including phenoxy) is 1. The summed E-state index contributed by atoms with van der Waals surface area (Å²) in [5, 5.41) is 4.89. The summed E-state index contributed by atoms with van der Waals surface area (Å²) in [6.45, 7) is 0. The average Bonchev–Trinajstić information content (AvgIpc) is 2.73. The van der Waals surface area contributed by atoms with E-state index < -0.39 is 29.2 Å². The highest BCUT2D eigenvalue weighted by molar-refractivity contribution is 6.30. The van der Waals surface area contributed by atoms with Gasteiger partial charge in [-0.1, -0.05) is 35.9 Å². The molecule has 0 unspecified atom stereocenters. The molecule has 0 aromatic heterocycles. The van der Waals surface area contributed by atoms with E-state index in [1.54, 1.807) is 36.4 Å². The number of nitrogens with one attached hydrogen (secondary N) is 2. The standard InChI is InChI=1S/C22H16ClF3N2O3/c1-31-19-12-15(10-11-16(19)13-6-8-14(23)9-7-13)27-21(30)28-20(29)17-4-2-3-5-18(17)22(24,25)26/h2-12H,1H3,(H2,27,28,29,30). The highest BCUT2D eigenvalue weighted by Gasteiger charge is 2.35. The molecule has 0 saturated carbocycles. The summed E-state index contributed by atoms with van der Waals surface area (Å²) in [5.41, 5.74) is 0.0653. The van der Waals surface area contributed by atoms with Gasteiger partial charge in [0.2, 0.25) is 0 Å². The van der Waals surface area contributed by atoms with Crippen LogP contribution in [0.2, 0.25) is 5.02 Å². The van der Waals surface area contributed by atoms with E-state index in [1.165, 1.54) is 19.2 Å². The first-order valence-electron chi connectivity index (χ1n) is 8.91. The minimum Gasteiger partial charge on any atom is -0.496 e. The first-order valence-corrected chi connectivity index (χ1v) is 9.29. The summed E-state index contributed by atoms with van der Waals surface area (Å²) >= 11 is 5.90. The Morgan fingerprint density at radius 2 is 1.65 bits per heavy atom. The van der Waals surface area contributed by atoms with Crippen LogP contribution in [0.1, 0.15) is 15.9 Å². The van der Waals surface area contributed by atoms with Gasteiger partial charge in [-0.25, -0.2) is 4.79 Å². The Kier molecular flexibility index (Phi) is 6.50. The largest absolute Gasteiger partial charge is 0.496 e. The normalized spacial score (nSPS) is 11.0. The van der Waals surface area contributed by atoms with Crippen molar-refractivity contribution in [2.75, 3.05) is 12.4 Å². The van der Waals surface area contributed by atoms with Gasteiger partial charge in [-0.05, 0) is 42.0 Å². The van der Waals surface area contributed by atoms with Crippen molar-refractivity contribution in [3.8, 4) is 16.9 Å². The molecule has 0 fully saturated rings. The first kappa shape index (κ1) is 22.2. The number of methoxy groups -OCH3 is 1. The van der Waals surface area contributed by atoms with Gasteiger partial charge in [0.1, 0.15) is 5.75 Å². The van der Waals surface area contributed by atoms with E-state index in [-0.39, 0.29) is 5.69 Å². The molecule has 31 heavy (non-hydrogen) atoms. The van der Waals surface area contributed by atoms with Crippen molar-refractivity contribution in [2.24, 2.45) is 0 Å². The van der Waals surface area contributed by atoms with E-state index in [4.69, 9.17) is 16.3 Å². The third-order valence-electron chi connectivity index (χ3n) is 4.32. The quantitative estimate of drug-likeness (QED) is 0.514. The molecule has 0 aliphatic heterocycles. The molecule has 0 radical (unpaired) electrons. The number of halogens is 4. The van der Waals surface area contributed by atoms with Crippen molar-refractivity contribution < 1.29 is 27.5 Å². The molecule has 0 aliphatic rings. The van der Waals surface area contributed by atoms with Crippen molar-refractivity contribution in [1.29, 1.82) is 0 Å². The molecule has 0 bridgehead atoms. The molecule has 0 heterocycles. The lowest BCUT2D eigenvalue weighted by Gasteiger charge is -2.14. The van der Waals surface area contributed by atoms with Crippen LogP contribution in [0.5, 0.6) is 5.75 Å². The summed E-state index contributed by atoms with van der Waals surface area (Å²) in [4.78, 5) is 24.4. The Hall–Kier alpha value is -3.52. The van der Waals surface area contributed by atoms with Gasteiger partial charge in [-0.3, -0.25) is 10.1 Å². The van der Waals surface area contributed by atoms with Crippen molar-refractivity contribution in [3.63, 3.8) is 0 Å². The zero-order valence-corrected chi connectivity index (χ0v) is 16.8. The van der Waals surface area contributed by atoms with Gasteiger partial charge in [0.25, 0.3) is 5.91 Å². The third kappa shape index (κ3) is 5.35. The Morgan fingerprint density at radius 1 is 0.968 bits per heavy atom. The lowest BCUT2D eigenvalue weighted by molar-refractivity contribution is -0.137. The molecule has 3 aromatic carbocycles. The number of anilines is 1. The second-order valence-corrected chi connectivity index (χ2v) is 6.81. The molecule has 3 aromatic rings. The van der Waals surface area contributed by atoms with E-state index in [2.05, 4.69) is 5.32 Å². The topological polar surface area (TPSA) is 67.4 Å². The van der Waals surface area contributed by atoms with Gasteiger partial charge in [0.05, 0.1) is 18.2 Å². The fraction of sp³-hybridized carbons (Fsp3) is 0.0909. The number of benzene rings is 3. The van der Waals surface area contributed by atoms with Crippen molar-refractivity contribution in [2.45, 2.75) is 6.18 Å².